The van der Waals surface area contributed by atoms with Gasteiger partial charge in [-0.25, -0.2) is 0 Å². The van der Waals surface area contributed by atoms with Crippen LogP contribution in [0.15, 0.2) is 12.3 Å². The zero-order chi connectivity index (χ0) is 15.3. The topological polar surface area (TPSA) is 29.9 Å². The minimum atomic E-state index is 0.309. The molecule has 0 spiro atoms. The van der Waals surface area contributed by atoms with Crippen LogP contribution in [0.25, 0.3) is 0 Å². The van der Waals surface area contributed by atoms with Crippen molar-refractivity contribution in [1.82, 2.24) is 15.1 Å². The summed E-state index contributed by atoms with van der Waals surface area (Å²) in [5.41, 5.74) is 1.57. The summed E-state index contributed by atoms with van der Waals surface area (Å²) in [7, 11) is 0. The van der Waals surface area contributed by atoms with Crippen molar-refractivity contribution in [3.8, 4) is 0 Å². The minimum absolute atomic E-state index is 0.309. The van der Waals surface area contributed by atoms with Gasteiger partial charge in [0.2, 0.25) is 0 Å². The molecule has 0 bridgehead atoms. The largest absolute Gasteiger partial charge is 0.316 e. The summed E-state index contributed by atoms with van der Waals surface area (Å²) in [6, 6.07) is 2.89. The molecule has 0 aliphatic heterocycles. The first-order chi connectivity index (χ1) is 10.0. The van der Waals surface area contributed by atoms with Gasteiger partial charge >= 0.3 is 0 Å². The number of hydrogen-bond donors (Lipinski definition) is 1. The second-order valence-corrected chi connectivity index (χ2v) is 7.59. The smallest absolute Gasteiger partial charge is 0.0630 e. The lowest BCUT2D eigenvalue weighted by Gasteiger charge is -2.28. The van der Waals surface area contributed by atoms with Gasteiger partial charge in [-0.3, -0.25) is 4.68 Å². The Morgan fingerprint density at radius 1 is 1.38 bits per heavy atom. The molecule has 1 saturated carbocycles. The Hall–Kier alpha value is -0.830. The Kier molecular flexibility index (Phi) is 5.86. The predicted octanol–water partition coefficient (Wildman–Crippen LogP) is 4.20. The fraction of sp³-hybridized carbons (Fsp3) is 0.833. The fourth-order valence-electron chi connectivity index (χ4n) is 3.26. The van der Waals surface area contributed by atoms with Gasteiger partial charge in [0, 0.05) is 12.7 Å². The minimum Gasteiger partial charge on any atom is -0.316 e. The van der Waals surface area contributed by atoms with Crippen LogP contribution < -0.4 is 5.32 Å². The maximum atomic E-state index is 4.86. The molecule has 1 unspecified atom stereocenters. The Bertz CT molecular complexity index is 418. The van der Waals surface area contributed by atoms with Crippen molar-refractivity contribution in [3.63, 3.8) is 0 Å². The predicted molar refractivity (Wildman–Crippen MR) is 89.5 cm³/mol. The molecule has 120 valence electrons. The average Bonchev–Trinajstić information content (AvgIpc) is 3.08. The zero-order valence-corrected chi connectivity index (χ0v) is 14.4. The summed E-state index contributed by atoms with van der Waals surface area (Å²) in [5, 5.41) is 8.48. The van der Waals surface area contributed by atoms with Crippen LogP contribution in [0.1, 0.15) is 71.5 Å². The van der Waals surface area contributed by atoms with E-state index >= 15 is 0 Å². The van der Waals surface area contributed by atoms with Crippen LogP contribution >= 0.6 is 0 Å². The highest BCUT2D eigenvalue weighted by Crippen LogP contribution is 2.30. The van der Waals surface area contributed by atoms with E-state index in [1.54, 1.807) is 0 Å². The van der Waals surface area contributed by atoms with Crippen molar-refractivity contribution >= 4 is 0 Å². The van der Waals surface area contributed by atoms with Gasteiger partial charge in [-0.2, -0.15) is 5.10 Å². The highest BCUT2D eigenvalue weighted by Gasteiger charge is 2.24. The van der Waals surface area contributed by atoms with E-state index in [2.05, 4.69) is 50.0 Å². The molecule has 1 N–H and O–H groups in total. The molecule has 0 amide bonds. The van der Waals surface area contributed by atoms with Crippen LogP contribution in [0.4, 0.5) is 0 Å². The lowest BCUT2D eigenvalue weighted by Crippen LogP contribution is -2.35. The third-order valence-corrected chi connectivity index (χ3v) is 4.93. The molecule has 1 atom stereocenters. The van der Waals surface area contributed by atoms with E-state index in [9.17, 15) is 0 Å². The number of nitrogens with zero attached hydrogens (tertiary/aromatic N) is 2. The Morgan fingerprint density at radius 3 is 2.71 bits per heavy atom. The third kappa shape index (κ3) is 4.84. The molecular weight excluding hydrogens is 258 g/mol. The van der Waals surface area contributed by atoms with Crippen molar-refractivity contribution < 1.29 is 0 Å². The van der Waals surface area contributed by atoms with Crippen molar-refractivity contribution in [3.05, 3.63) is 18.0 Å². The zero-order valence-electron chi connectivity index (χ0n) is 14.4. The lowest BCUT2D eigenvalue weighted by molar-refractivity contribution is 0.281. The summed E-state index contributed by atoms with van der Waals surface area (Å²) < 4.78 is 2.22. The summed E-state index contributed by atoms with van der Waals surface area (Å²) >= 11 is 0. The van der Waals surface area contributed by atoms with Crippen LogP contribution in [0, 0.1) is 11.3 Å². The molecule has 21 heavy (non-hydrogen) atoms. The Labute approximate surface area is 130 Å². The van der Waals surface area contributed by atoms with Gasteiger partial charge in [-0.05, 0) is 49.6 Å². The van der Waals surface area contributed by atoms with E-state index in [4.69, 9.17) is 5.10 Å². The van der Waals surface area contributed by atoms with Gasteiger partial charge < -0.3 is 5.32 Å². The standard InChI is InChI=1S/C18H33N3/c1-5-18(4,14-19-13-15(2)3)12-16-10-11-21(20-16)17-8-6-7-9-17/h10-11,15,17,19H,5-9,12-14H2,1-4H3. The molecule has 3 nitrogen and oxygen atoms in total. The SMILES string of the molecule is CCC(C)(CNCC(C)C)Cc1ccn(C2CCCC2)n1. The van der Waals surface area contributed by atoms with E-state index in [0.29, 0.717) is 17.4 Å². The summed E-state index contributed by atoms with van der Waals surface area (Å²) in [4.78, 5) is 0. The van der Waals surface area contributed by atoms with Gasteiger partial charge in [0.25, 0.3) is 0 Å². The first-order valence-corrected chi connectivity index (χ1v) is 8.77. The van der Waals surface area contributed by atoms with E-state index in [1.165, 1.54) is 37.8 Å². The molecule has 1 heterocycles. The fourth-order valence-corrected chi connectivity index (χ4v) is 3.26. The van der Waals surface area contributed by atoms with E-state index in [-0.39, 0.29) is 0 Å². The molecule has 0 aromatic carbocycles. The van der Waals surface area contributed by atoms with Crippen molar-refractivity contribution in [2.24, 2.45) is 11.3 Å². The molecule has 1 aliphatic carbocycles. The summed E-state index contributed by atoms with van der Waals surface area (Å²) in [6.45, 7) is 11.4. The number of hydrogen-bond acceptors (Lipinski definition) is 2. The van der Waals surface area contributed by atoms with Crippen molar-refractivity contribution in [2.75, 3.05) is 13.1 Å². The number of nitrogens with one attached hydrogen (secondary N) is 1. The number of aromatic nitrogens is 2. The van der Waals surface area contributed by atoms with Crippen LogP contribution in [0.5, 0.6) is 0 Å². The molecule has 1 aliphatic rings. The van der Waals surface area contributed by atoms with Crippen LogP contribution in [-0.2, 0) is 6.42 Å². The van der Waals surface area contributed by atoms with Gasteiger partial charge in [-0.15, -0.1) is 0 Å². The molecule has 1 aromatic rings. The monoisotopic (exact) mass is 291 g/mol. The van der Waals surface area contributed by atoms with E-state index < -0.39 is 0 Å². The van der Waals surface area contributed by atoms with Crippen molar-refractivity contribution in [1.29, 1.82) is 0 Å². The molecule has 3 heteroatoms. The molecule has 1 aromatic heterocycles. The van der Waals surface area contributed by atoms with Gasteiger partial charge in [0.1, 0.15) is 0 Å². The van der Waals surface area contributed by atoms with Gasteiger partial charge in [0.05, 0.1) is 11.7 Å². The Balaban J connectivity index is 1.91. The third-order valence-electron chi connectivity index (χ3n) is 4.93. The van der Waals surface area contributed by atoms with Crippen molar-refractivity contribution in [2.45, 2.75) is 72.3 Å². The summed E-state index contributed by atoms with van der Waals surface area (Å²) in [5.74, 6) is 0.715. The highest BCUT2D eigenvalue weighted by molar-refractivity contribution is 5.04. The average molecular weight is 291 g/mol. The molecule has 0 saturated heterocycles. The Morgan fingerprint density at radius 2 is 2.10 bits per heavy atom. The van der Waals surface area contributed by atoms with Gasteiger partial charge in [0.15, 0.2) is 0 Å². The normalized spacial score (nSPS) is 19.3. The summed E-state index contributed by atoms with van der Waals surface area (Å²) in [6.07, 6.45) is 9.81. The van der Waals surface area contributed by atoms with E-state index in [1.807, 2.05) is 0 Å². The maximum absolute atomic E-state index is 4.86. The van der Waals surface area contributed by atoms with Crippen LogP contribution in [-0.4, -0.2) is 22.9 Å². The quantitative estimate of drug-likeness (QED) is 0.778. The van der Waals surface area contributed by atoms with E-state index in [0.717, 1.165) is 19.5 Å². The molecule has 2 rings (SSSR count). The highest BCUT2D eigenvalue weighted by atomic mass is 15.3. The first-order valence-electron chi connectivity index (χ1n) is 8.77. The lowest BCUT2D eigenvalue weighted by atomic mass is 9.82. The van der Waals surface area contributed by atoms with Crippen LogP contribution in [0.3, 0.4) is 0 Å². The molecule has 0 radical (unpaired) electrons. The molecule has 1 fully saturated rings. The van der Waals surface area contributed by atoms with Crippen LogP contribution in [0.2, 0.25) is 0 Å². The van der Waals surface area contributed by atoms with Gasteiger partial charge in [-0.1, -0.05) is 40.5 Å². The number of rotatable bonds is 8. The molecular formula is C18H33N3. The first kappa shape index (κ1) is 16.5. The second kappa shape index (κ2) is 7.44. The second-order valence-electron chi connectivity index (χ2n) is 7.59. The maximum Gasteiger partial charge on any atom is 0.0630 e.